The van der Waals surface area contributed by atoms with Gasteiger partial charge in [-0.05, 0) is 63.0 Å². The van der Waals surface area contributed by atoms with Crippen LogP contribution >= 0.6 is 11.8 Å². The third-order valence-electron chi connectivity index (χ3n) is 7.03. The first kappa shape index (κ1) is 17.4. The molecule has 0 unspecified atom stereocenters. The number of hydrogen-bond acceptors (Lipinski definition) is 2. The number of ether oxygens (including phenoxy) is 1. The van der Waals surface area contributed by atoms with E-state index >= 15 is 0 Å². The fraction of sp³-hybridized carbons (Fsp3) is 0.565. The van der Waals surface area contributed by atoms with Gasteiger partial charge >= 0.3 is 0 Å². The minimum Gasteiger partial charge on any atom is -0.374 e. The molecule has 0 aromatic heterocycles. The average Bonchev–Trinajstić information content (AvgIpc) is 3.27. The van der Waals surface area contributed by atoms with Crippen LogP contribution in [0.25, 0.3) is 0 Å². The van der Waals surface area contributed by atoms with Gasteiger partial charge in [-0.3, -0.25) is 0 Å². The van der Waals surface area contributed by atoms with Gasteiger partial charge in [0.2, 0.25) is 0 Å². The average molecular weight is 355 g/mol. The maximum absolute atomic E-state index is 6.53. The zero-order chi connectivity index (χ0) is 17.2. The molecule has 1 saturated heterocycles. The molecule has 4 atom stereocenters. The lowest BCUT2D eigenvalue weighted by Gasteiger charge is -2.43. The van der Waals surface area contributed by atoms with Crippen molar-refractivity contribution < 1.29 is 4.74 Å². The Morgan fingerprint density at radius 3 is 2.80 bits per heavy atom. The van der Waals surface area contributed by atoms with E-state index in [0.717, 1.165) is 18.3 Å². The molecule has 0 radical (unpaired) electrons. The lowest BCUT2D eigenvalue weighted by Crippen LogP contribution is -2.47. The fourth-order valence-electron chi connectivity index (χ4n) is 6.01. The summed E-state index contributed by atoms with van der Waals surface area (Å²) in [4.78, 5) is 1.35. The first-order valence-corrected chi connectivity index (χ1v) is 10.9. The summed E-state index contributed by atoms with van der Waals surface area (Å²) in [6.45, 7) is 5.11. The smallest absolute Gasteiger partial charge is 0.0829 e. The van der Waals surface area contributed by atoms with Crippen LogP contribution in [0.3, 0.4) is 0 Å². The Hall–Kier alpha value is -0.990. The van der Waals surface area contributed by atoms with Crippen molar-refractivity contribution in [3.63, 3.8) is 0 Å². The normalized spacial score (nSPS) is 36.6. The molecule has 1 aliphatic heterocycles. The monoisotopic (exact) mass is 354 g/mol. The molecule has 1 nitrogen and oxygen atoms in total. The standard InChI is InChI=1S/C23H30OS/c1-2-19-11-15-22(16-12-20-13-17-24-23(19,20)22)14-7-4-8-18-25-21-9-5-3-6-10-21/h2-6,8-10,19-20H,1,7,11-18H2/b8-4+/t19-,20+,22-,23-/m1/s1. The minimum atomic E-state index is 0.140. The number of hydrogen-bond donors (Lipinski definition) is 0. The fourth-order valence-corrected chi connectivity index (χ4v) is 6.78. The highest BCUT2D eigenvalue weighted by molar-refractivity contribution is 7.99. The second-order valence-electron chi connectivity index (χ2n) is 7.96. The summed E-state index contributed by atoms with van der Waals surface area (Å²) in [5.74, 6) is 2.44. The molecular formula is C23H30OS. The molecule has 2 heteroatoms. The highest BCUT2D eigenvalue weighted by Crippen LogP contribution is 2.68. The van der Waals surface area contributed by atoms with Gasteiger partial charge in [0.1, 0.15) is 0 Å². The predicted molar refractivity (Wildman–Crippen MR) is 107 cm³/mol. The van der Waals surface area contributed by atoms with Crippen LogP contribution in [0.4, 0.5) is 0 Å². The predicted octanol–water partition coefficient (Wildman–Crippen LogP) is 6.27. The third-order valence-corrected chi connectivity index (χ3v) is 7.99. The molecule has 0 N–H and O–H groups in total. The molecule has 1 heterocycles. The van der Waals surface area contributed by atoms with Gasteiger partial charge in [-0.2, -0.15) is 0 Å². The molecule has 3 aliphatic rings. The van der Waals surface area contributed by atoms with Crippen molar-refractivity contribution in [1.29, 1.82) is 0 Å². The zero-order valence-electron chi connectivity index (χ0n) is 15.2. The molecule has 4 rings (SSSR count). The summed E-state index contributed by atoms with van der Waals surface area (Å²) >= 11 is 1.91. The minimum absolute atomic E-state index is 0.140. The largest absolute Gasteiger partial charge is 0.374 e. The van der Waals surface area contributed by atoms with Gasteiger partial charge < -0.3 is 4.74 Å². The van der Waals surface area contributed by atoms with Crippen molar-refractivity contribution in [2.75, 3.05) is 12.4 Å². The SMILES string of the molecule is C=C[C@@H]1CC[C@]2(CC/C=C/CSc3ccccc3)CC[C@H]3CCO[C@@]312. The summed E-state index contributed by atoms with van der Waals surface area (Å²) in [6, 6.07) is 10.7. The number of thioether (sulfide) groups is 1. The van der Waals surface area contributed by atoms with E-state index in [4.69, 9.17) is 4.74 Å². The van der Waals surface area contributed by atoms with E-state index in [1.165, 1.54) is 49.8 Å². The lowest BCUT2D eigenvalue weighted by molar-refractivity contribution is -0.0976. The quantitative estimate of drug-likeness (QED) is 0.422. The Labute approximate surface area is 156 Å². The molecule has 1 aromatic carbocycles. The second-order valence-corrected chi connectivity index (χ2v) is 9.05. The van der Waals surface area contributed by atoms with E-state index in [0.29, 0.717) is 11.3 Å². The summed E-state index contributed by atoms with van der Waals surface area (Å²) < 4.78 is 6.53. The summed E-state index contributed by atoms with van der Waals surface area (Å²) in [6.07, 6.45) is 16.1. The van der Waals surface area contributed by atoms with E-state index in [1.807, 2.05) is 11.8 Å². The van der Waals surface area contributed by atoms with Crippen LogP contribution in [0, 0.1) is 17.3 Å². The topological polar surface area (TPSA) is 9.23 Å². The molecular weight excluding hydrogens is 324 g/mol. The zero-order valence-corrected chi connectivity index (χ0v) is 16.0. The lowest BCUT2D eigenvalue weighted by atomic mass is 9.68. The van der Waals surface area contributed by atoms with E-state index in [2.05, 4.69) is 55.1 Å². The van der Waals surface area contributed by atoms with E-state index < -0.39 is 0 Å². The molecule has 25 heavy (non-hydrogen) atoms. The summed E-state index contributed by atoms with van der Waals surface area (Å²) in [7, 11) is 0. The molecule has 2 saturated carbocycles. The van der Waals surface area contributed by atoms with Gasteiger partial charge in [-0.25, -0.2) is 0 Å². The van der Waals surface area contributed by atoms with Gasteiger partial charge in [-0.15, -0.1) is 18.3 Å². The van der Waals surface area contributed by atoms with Crippen LogP contribution in [0.2, 0.25) is 0 Å². The number of benzene rings is 1. The molecule has 2 aliphatic carbocycles. The van der Waals surface area contributed by atoms with Gasteiger partial charge in [0, 0.05) is 28.6 Å². The second kappa shape index (κ2) is 7.32. The highest BCUT2D eigenvalue weighted by Gasteiger charge is 2.68. The van der Waals surface area contributed by atoms with Crippen LogP contribution in [0.1, 0.15) is 44.9 Å². The molecule has 0 amide bonds. The van der Waals surface area contributed by atoms with Crippen molar-refractivity contribution >= 4 is 11.8 Å². The maximum atomic E-state index is 6.53. The van der Waals surface area contributed by atoms with Crippen LogP contribution in [0.5, 0.6) is 0 Å². The molecule has 3 fully saturated rings. The Bertz CT molecular complexity index is 624. The van der Waals surface area contributed by atoms with Crippen LogP contribution in [0.15, 0.2) is 60.0 Å². The van der Waals surface area contributed by atoms with Gasteiger partial charge in [0.05, 0.1) is 5.60 Å². The van der Waals surface area contributed by atoms with E-state index in [1.54, 1.807) is 0 Å². The van der Waals surface area contributed by atoms with Crippen molar-refractivity contribution in [3.05, 3.63) is 55.1 Å². The molecule has 134 valence electrons. The summed E-state index contributed by atoms with van der Waals surface area (Å²) in [5, 5.41) is 0. The Morgan fingerprint density at radius 2 is 1.96 bits per heavy atom. The Morgan fingerprint density at radius 1 is 1.12 bits per heavy atom. The molecule has 1 aromatic rings. The number of rotatable bonds is 7. The Kier molecular flexibility index (Phi) is 5.11. The van der Waals surface area contributed by atoms with Crippen LogP contribution in [-0.2, 0) is 4.74 Å². The van der Waals surface area contributed by atoms with Gasteiger partial charge in [0.15, 0.2) is 0 Å². The van der Waals surface area contributed by atoms with Crippen molar-refractivity contribution in [2.24, 2.45) is 17.3 Å². The summed E-state index contributed by atoms with van der Waals surface area (Å²) in [5.41, 5.74) is 0.561. The first-order valence-electron chi connectivity index (χ1n) is 9.90. The van der Waals surface area contributed by atoms with Gasteiger partial charge in [-0.1, -0.05) is 36.4 Å². The van der Waals surface area contributed by atoms with Crippen LogP contribution < -0.4 is 0 Å². The maximum Gasteiger partial charge on any atom is 0.0829 e. The van der Waals surface area contributed by atoms with Crippen molar-refractivity contribution in [1.82, 2.24) is 0 Å². The highest BCUT2D eigenvalue weighted by atomic mass is 32.2. The first-order chi connectivity index (χ1) is 12.3. The molecule has 1 spiro atoms. The van der Waals surface area contributed by atoms with E-state index in [9.17, 15) is 0 Å². The third kappa shape index (κ3) is 2.92. The van der Waals surface area contributed by atoms with Crippen molar-refractivity contribution in [3.8, 4) is 0 Å². The molecule has 0 bridgehead atoms. The number of allylic oxidation sites excluding steroid dienone is 1. The van der Waals surface area contributed by atoms with E-state index in [-0.39, 0.29) is 5.60 Å². The van der Waals surface area contributed by atoms with Gasteiger partial charge in [0.25, 0.3) is 0 Å². The Balaban J connectivity index is 1.34. The van der Waals surface area contributed by atoms with Crippen LogP contribution in [-0.4, -0.2) is 18.0 Å². The van der Waals surface area contributed by atoms with Crippen molar-refractivity contribution in [2.45, 2.75) is 55.4 Å².